The van der Waals surface area contributed by atoms with Gasteiger partial charge in [0.25, 0.3) is 0 Å². The summed E-state index contributed by atoms with van der Waals surface area (Å²) in [6.45, 7) is 5.27. The van der Waals surface area contributed by atoms with Crippen LogP contribution in [0.25, 0.3) is 0 Å². The SMILES string of the molecule is CCCNC(=O)CC(C)COc1ccc2c(c1)CCC(=O)N2. The van der Waals surface area contributed by atoms with Crippen LogP contribution in [0.5, 0.6) is 5.75 Å². The van der Waals surface area contributed by atoms with Gasteiger partial charge < -0.3 is 15.4 Å². The number of benzene rings is 1. The minimum atomic E-state index is 0.0629. The molecule has 0 saturated carbocycles. The van der Waals surface area contributed by atoms with Crippen molar-refractivity contribution < 1.29 is 14.3 Å². The first-order chi connectivity index (χ1) is 10.6. The molecule has 22 heavy (non-hydrogen) atoms. The van der Waals surface area contributed by atoms with Crippen molar-refractivity contribution in [3.63, 3.8) is 0 Å². The van der Waals surface area contributed by atoms with Gasteiger partial charge in [-0.3, -0.25) is 9.59 Å². The van der Waals surface area contributed by atoms with Crippen LogP contribution in [0.3, 0.4) is 0 Å². The Hall–Kier alpha value is -2.04. The Bertz CT molecular complexity index is 543. The molecule has 1 atom stereocenters. The maximum Gasteiger partial charge on any atom is 0.224 e. The van der Waals surface area contributed by atoms with E-state index in [0.717, 1.165) is 36.4 Å². The molecule has 0 fully saturated rings. The molecule has 5 nitrogen and oxygen atoms in total. The van der Waals surface area contributed by atoms with E-state index in [4.69, 9.17) is 4.74 Å². The second-order valence-electron chi connectivity index (χ2n) is 5.84. The summed E-state index contributed by atoms with van der Waals surface area (Å²) in [6.07, 6.45) is 2.68. The van der Waals surface area contributed by atoms with Gasteiger partial charge in [0.1, 0.15) is 5.75 Å². The predicted molar refractivity (Wildman–Crippen MR) is 86.0 cm³/mol. The maximum absolute atomic E-state index is 11.6. The molecule has 0 aromatic heterocycles. The number of hydrogen-bond acceptors (Lipinski definition) is 3. The van der Waals surface area contributed by atoms with Crippen LogP contribution >= 0.6 is 0 Å². The number of hydrogen-bond donors (Lipinski definition) is 2. The van der Waals surface area contributed by atoms with Gasteiger partial charge in [-0.15, -0.1) is 0 Å². The molecule has 2 N–H and O–H groups in total. The Kier molecular flexibility index (Phi) is 5.81. The number of aryl methyl sites for hydroxylation is 1. The van der Waals surface area contributed by atoms with Crippen molar-refractivity contribution in [2.24, 2.45) is 5.92 Å². The number of carbonyl (C=O) groups is 2. The molecule has 120 valence electrons. The highest BCUT2D eigenvalue weighted by molar-refractivity contribution is 5.94. The molecule has 0 spiro atoms. The zero-order valence-corrected chi connectivity index (χ0v) is 13.3. The van der Waals surface area contributed by atoms with Crippen molar-refractivity contribution in [3.05, 3.63) is 23.8 Å². The molecule has 1 unspecified atom stereocenters. The quantitative estimate of drug-likeness (QED) is 0.813. The van der Waals surface area contributed by atoms with Gasteiger partial charge in [0.05, 0.1) is 6.61 Å². The molecule has 1 aliphatic heterocycles. The average molecular weight is 304 g/mol. The molecule has 2 rings (SSSR count). The lowest BCUT2D eigenvalue weighted by Gasteiger charge is -2.18. The van der Waals surface area contributed by atoms with Gasteiger partial charge in [0.2, 0.25) is 11.8 Å². The summed E-state index contributed by atoms with van der Waals surface area (Å²) < 4.78 is 5.77. The predicted octanol–water partition coefficient (Wildman–Crippen LogP) is 2.50. The molecule has 0 radical (unpaired) electrons. The van der Waals surface area contributed by atoms with E-state index >= 15 is 0 Å². The minimum Gasteiger partial charge on any atom is -0.493 e. The Morgan fingerprint density at radius 2 is 2.23 bits per heavy atom. The molecule has 1 aromatic carbocycles. The smallest absolute Gasteiger partial charge is 0.224 e. The third kappa shape index (κ3) is 4.76. The van der Waals surface area contributed by atoms with E-state index < -0.39 is 0 Å². The van der Waals surface area contributed by atoms with Crippen LogP contribution < -0.4 is 15.4 Å². The van der Waals surface area contributed by atoms with E-state index in [9.17, 15) is 9.59 Å². The van der Waals surface area contributed by atoms with Crippen LogP contribution in [0.15, 0.2) is 18.2 Å². The largest absolute Gasteiger partial charge is 0.493 e. The molecule has 2 amide bonds. The summed E-state index contributed by atoms with van der Waals surface area (Å²) in [5, 5.41) is 5.72. The molecule has 1 aromatic rings. The number of fused-ring (bicyclic) bond motifs is 1. The van der Waals surface area contributed by atoms with Crippen LogP contribution in [0.4, 0.5) is 5.69 Å². The number of anilines is 1. The summed E-state index contributed by atoms with van der Waals surface area (Å²) in [5.74, 6) is 1.09. The minimum absolute atomic E-state index is 0.0629. The molecule has 0 bridgehead atoms. The lowest BCUT2D eigenvalue weighted by atomic mass is 10.0. The third-order valence-corrected chi connectivity index (χ3v) is 3.61. The zero-order chi connectivity index (χ0) is 15.9. The van der Waals surface area contributed by atoms with Crippen LogP contribution in [-0.4, -0.2) is 25.0 Å². The van der Waals surface area contributed by atoms with E-state index in [2.05, 4.69) is 10.6 Å². The topological polar surface area (TPSA) is 67.4 Å². The highest BCUT2D eigenvalue weighted by atomic mass is 16.5. The van der Waals surface area contributed by atoms with Gasteiger partial charge >= 0.3 is 0 Å². The van der Waals surface area contributed by atoms with E-state index in [1.807, 2.05) is 32.0 Å². The van der Waals surface area contributed by atoms with E-state index in [1.165, 1.54) is 0 Å². The lowest BCUT2D eigenvalue weighted by molar-refractivity contribution is -0.122. The number of rotatable bonds is 7. The summed E-state index contributed by atoms with van der Waals surface area (Å²) in [4.78, 5) is 23.0. The van der Waals surface area contributed by atoms with Crippen molar-refractivity contribution in [1.29, 1.82) is 0 Å². The first-order valence-corrected chi connectivity index (χ1v) is 7.90. The molecule has 1 heterocycles. The second kappa shape index (κ2) is 7.82. The number of nitrogens with one attached hydrogen (secondary N) is 2. The first kappa shape index (κ1) is 16.3. The zero-order valence-electron chi connectivity index (χ0n) is 13.3. The number of carbonyl (C=O) groups excluding carboxylic acids is 2. The van der Waals surface area contributed by atoms with Gasteiger partial charge in [-0.25, -0.2) is 0 Å². The van der Waals surface area contributed by atoms with Gasteiger partial charge in [-0.1, -0.05) is 13.8 Å². The first-order valence-electron chi connectivity index (χ1n) is 7.90. The van der Waals surface area contributed by atoms with Crippen molar-refractivity contribution in [2.45, 2.75) is 39.5 Å². The number of ether oxygens (including phenoxy) is 1. The van der Waals surface area contributed by atoms with E-state index in [0.29, 0.717) is 19.4 Å². The van der Waals surface area contributed by atoms with Crippen molar-refractivity contribution in [2.75, 3.05) is 18.5 Å². The Balaban J connectivity index is 1.81. The van der Waals surface area contributed by atoms with Crippen LogP contribution in [0.2, 0.25) is 0 Å². The Labute approximate surface area is 131 Å². The summed E-state index contributed by atoms with van der Waals surface area (Å²) >= 11 is 0. The average Bonchev–Trinajstić information content (AvgIpc) is 2.50. The van der Waals surface area contributed by atoms with Gasteiger partial charge in [-0.2, -0.15) is 0 Å². The normalized spacial score (nSPS) is 14.7. The van der Waals surface area contributed by atoms with Gasteiger partial charge in [0, 0.05) is 25.1 Å². The standard InChI is InChI=1S/C17H24N2O3/c1-3-8-18-17(21)9-12(2)11-22-14-5-6-15-13(10-14)4-7-16(20)19-15/h5-6,10,12H,3-4,7-9,11H2,1-2H3,(H,18,21)(H,19,20). The fourth-order valence-electron chi connectivity index (χ4n) is 2.40. The summed E-state index contributed by atoms with van der Waals surface area (Å²) in [6, 6.07) is 5.70. The highest BCUT2D eigenvalue weighted by Crippen LogP contribution is 2.27. The lowest BCUT2D eigenvalue weighted by Crippen LogP contribution is -2.27. The second-order valence-corrected chi connectivity index (χ2v) is 5.84. The fourth-order valence-corrected chi connectivity index (χ4v) is 2.40. The number of amides is 2. The fraction of sp³-hybridized carbons (Fsp3) is 0.529. The third-order valence-electron chi connectivity index (χ3n) is 3.61. The molecule has 1 aliphatic rings. The van der Waals surface area contributed by atoms with Gasteiger partial charge in [0.15, 0.2) is 0 Å². The molecular weight excluding hydrogens is 280 g/mol. The summed E-state index contributed by atoms with van der Waals surface area (Å²) in [5.41, 5.74) is 1.97. The van der Waals surface area contributed by atoms with Crippen molar-refractivity contribution in [1.82, 2.24) is 5.32 Å². The monoisotopic (exact) mass is 304 g/mol. The van der Waals surface area contributed by atoms with E-state index in [-0.39, 0.29) is 17.7 Å². The van der Waals surface area contributed by atoms with Gasteiger partial charge in [-0.05, 0) is 42.5 Å². The molecular formula is C17H24N2O3. The summed E-state index contributed by atoms with van der Waals surface area (Å²) in [7, 11) is 0. The Morgan fingerprint density at radius 3 is 3.00 bits per heavy atom. The molecule has 5 heteroatoms. The van der Waals surface area contributed by atoms with Crippen molar-refractivity contribution in [3.8, 4) is 5.75 Å². The van der Waals surface area contributed by atoms with Crippen LogP contribution in [0.1, 0.15) is 38.7 Å². The Morgan fingerprint density at radius 1 is 1.41 bits per heavy atom. The van der Waals surface area contributed by atoms with Crippen LogP contribution in [-0.2, 0) is 16.0 Å². The van der Waals surface area contributed by atoms with E-state index in [1.54, 1.807) is 0 Å². The molecule has 0 aliphatic carbocycles. The molecule has 0 saturated heterocycles. The van der Waals surface area contributed by atoms with Crippen molar-refractivity contribution >= 4 is 17.5 Å². The maximum atomic E-state index is 11.6. The highest BCUT2D eigenvalue weighted by Gasteiger charge is 2.15. The van der Waals surface area contributed by atoms with Crippen LogP contribution in [0, 0.1) is 5.92 Å².